The summed E-state index contributed by atoms with van der Waals surface area (Å²) in [7, 11) is 0. The summed E-state index contributed by atoms with van der Waals surface area (Å²) in [5.74, 6) is -1.38. The number of aliphatic hydroxyl groups excluding tert-OH is 3. The van der Waals surface area contributed by atoms with Crippen LogP contribution in [0.15, 0.2) is 0 Å². The minimum absolute atomic E-state index is 0.427. The van der Waals surface area contributed by atoms with Crippen molar-refractivity contribution in [3.8, 4) is 0 Å². The Morgan fingerprint density at radius 3 is 2.58 bits per heavy atom. The molecule has 3 unspecified atom stereocenters. The molecule has 12 heavy (non-hydrogen) atoms. The van der Waals surface area contributed by atoms with E-state index in [1.807, 2.05) is 0 Å². The first kappa shape index (κ1) is 9.44. The molecule has 1 aliphatic rings. The van der Waals surface area contributed by atoms with Crippen LogP contribution in [0.4, 0.5) is 0 Å². The van der Waals surface area contributed by atoms with E-state index < -0.39 is 36.8 Å². The number of carbonyl (C=O) groups is 1. The van der Waals surface area contributed by atoms with Crippen LogP contribution in [0.3, 0.4) is 0 Å². The topological polar surface area (TPSA) is 87.0 Å². The van der Waals surface area contributed by atoms with E-state index in [1.54, 1.807) is 0 Å². The lowest BCUT2D eigenvalue weighted by Gasteiger charge is -2.34. The van der Waals surface area contributed by atoms with E-state index in [-0.39, 0.29) is 0 Å². The number of carbonyl (C=O) groups excluding carboxylic acids is 1. The van der Waals surface area contributed by atoms with Gasteiger partial charge in [0.05, 0.1) is 12.7 Å². The zero-order chi connectivity index (χ0) is 9.30. The van der Waals surface area contributed by atoms with Crippen LogP contribution in [0.2, 0.25) is 0 Å². The molecule has 4 atom stereocenters. The second-order valence-corrected chi connectivity index (χ2v) is 2.95. The molecule has 3 N–H and O–H groups in total. The van der Waals surface area contributed by atoms with Crippen LogP contribution in [0.1, 0.15) is 6.92 Å². The van der Waals surface area contributed by atoms with Crippen molar-refractivity contribution < 1.29 is 24.9 Å². The lowest BCUT2D eigenvalue weighted by Crippen LogP contribution is -2.52. The molecule has 1 aliphatic heterocycles. The van der Waals surface area contributed by atoms with E-state index in [4.69, 9.17) is 10.2 Å². The highest BCUT2D eigenvalue weighted by atomic mass is 16.6. The van der Waals surface area contributed by atoms with Crippen LogP contribution >= 0.6 is 0 Å². The minimum atomic E-state index is -1.29. The Kier molecular flexibility index (Phi) is 2.66. The third-order valence-electron chi connectivity index (χ3n) is 2.11. The first-order valence-corrected chi connectivity index (χ1v) is 3.75. The Bertz CT molecular complexity index is 179. The average Bonchev–Trinajstić information content (AvgIpc) is 2.08. The Labute approximate surface area is 69.6 Å². The van der Waals surface area contributed by atoms with Crippen molar-refractivity contribution >= 4 is 5.97 Å². The highest BCUT2D eigenvalue weighted by Gasteiger charge is 2.41. The molecule has 1 saturated heterocycles. The van der Waals surface area contributed by atoms with E-state index in [2.05, 4.69) is 4.74 Å². The van der Waals surface area contributed by atoms with Crippen LogP contribution in [-0.2, 0) is 9.53 Å². The first-order valence-electron chi connectivity index (χ1n) is 3.75. The Hall–Kier alpha value is -0.650. The molecule has 0 saturated carbocycles. The lowest BCUT2D eigenvalue weighted by atomic mass is 9.92. The summed E-state index contributed by atoms with van der Waals surface area (Å²) in [6.45, 7) is 1.10. The fourth-order valence-electron chi connectivity index (χ4n) is 1.17. The third-order valence-corrected chi connectivity index (χ3v) is 2.11. The predicted octanol–water partition coefficient (Wildman–Crippen LogP) is -1.74. The largest absolute Gasteiger partial charge is 0.455 e. The van der Waals surface area contributed by atoms with Crippen LogP contribution in [0.25, 0.3) is 0 Å². The van der Waals surface area contributed by atoms with Gasteiger partial charge in [0.2, 0.25) is 0 Å². The third kappa shape index (κ3) is 1.43. The van der Waals surface area contributed by atoms with E-state index in [0.29, 0.717) is 0 Å². The molecule has 1 heterocycles. The zero-order valence-electron chi connectivity index (χ0n) is 6.67. The number of rotatable bonds is 1. The molecular formula is C7H12O5. The molecular weight excluding hydrogens is 164 g/mol. The van der Waals surface area contributed by atoms with Crippen LogP contribution in [0, 0.1) is 5.92 Å². The quantitative estimate of drug-likeness (QED) is 0.413. The molecule has 0 bridgehead atoms. The van der Waals surface area contributed by atoms with Gasteiger partial charge >= 0.3 is 5.97 Å². The first-order chi connectivity index (χ1) is 5.57. The van der Waals surface area contributed by atoms with E-state index in [0.717, 1.165) is 0 Å². The Balaban J connectivity index is 2.70. The highest BCUT2D eigenvalue weighted by Crippen LogP contribution is 2.21. The van der Waals surface area contributed by atoms with E-state index in [9.17, 15) is 9.90 Å². The molecule has 0 aromatic rings. The fourth-order valence-corrected chi connectivity index (χ4v) is 1.17. The molecule has 0 spiro atoms. The van der Waals surface area contributed by atoms with Gasteiger partial charge in [-0.25, -0.2) is 4.79 Å². The molecule has 5 heteroatoms. The molecule has 1 fully saturated rings. The number of hydrogen-bond acceptors (Lipinski definition) is 5. The van der Waals surface area contributed by atoms with Gasteiger partial charge in [0, 0.05) is 5.92 Å². The molecule has 0 amide bonds. The summed E-state index contributed by atoms with van der Waals surface area (Å²) in [5, 5.41) is 27.1. The summed E-state index contributed by atoms with van der Waals surface area (Å²) in [6.07, 6.45) is -3.19. The number of esters is 1. The van der Waals surface area contributed by atoms with Crippen molar-refractivity contribution in [2.45, 2.75) is 25.2 Å². The Morgan fingerprint density at radius 1 is 1.50 bits per heavy atom. The van der Waals surface area contributed by atoms with Gasteiger partial charge < -0.3 is 20.1 Å². The van der Waals surface area contributed by atoms with Crippen molar-refractivity contribution in [2.24, 2.45) is 5.92 Å². The van der Waals surface area contributed by atoms with Gasteiger partial charge in [0.25, 0.3) is 0 Å². The molecule has 1 rings (SSSR count). The van der Waals surface area contributed by atoms with Gasteiger partial charge in [-0.15, -0.1) is 0 Å². The van der Waals surface area contributed by atoms with Crippen molar-refractivity contribution in [3.05, 3.63) is 0 Å². The second-order valence-electron chi connectivity index (χ2n) is 2.95. The van der Waals surface area contributed by atoms with Crippen molar-refractivity contribution in [1.82, 2.24) is 0 Å². The number of hydrogen-bond donors (Lipinski definition) is 3. The van der Waals surface area contributed by atoms with Gasteiger partial charge in [-0.2, -0.15) is 0 Å². The standard InChI is InChI=1S/C7H12O5/c1-3-5(9)4(2-8)12-7(11)6(3)10/h3-6,8-10H,2H2,1H3/t3?,4?,5?,6-/m1/s1. The Morgan fingerprint density at radius 2 is 2.08 bits per heavy atom. The maximum Gasteiger partial charge on any atom is 0.335 e. The van der Waals surface area contributed by atoms with Crippen LogP contribution < -0.4 is 0 Å². The van der Waals surface area contributed by atoms with Crippen molar-refractivity contribution in [3.63, 3.8) is 0 Å². The summed E-state index contributed by atoms with van der Waals surface area (Å²) in [4.78, 5) is 10.8. The highest BCUT2D eigenvalue weighted by molar-refractivity contribution is 5.75. The molecule has 0 aliphatic carbocycles. The van der Waals surface area contributed by atoms with Gasteiger partial charge in [-0.05, 0) is 0 Å². The average molecular weight is 176 g/mol. The van der Waals surface area contributed by atoms with Crippen molar-refractivity contribution in [1.29, 1.82) is 0 Å². The SMILES string of the molecule is CC1C(O)C(CO)OC(=O)[C@@H]1O. The molecule has 70 valence electrons. The number of aliphatic hydroxyl groups is 3. The summed E-state index contributed by atoms with van der Waals surface area (Å²) in [6, 6.07) is 0. The fraction of sp³-hybridized carbons (Fsp3) is 0.857. The smallest absolute Gasteiger partial charge is 0.335 e. The predicted molar refractivity (Wildman–Crippen MR) is 38.1 cm³/mol. The maximum absolute atomic E-state index is 10.8. The van der Waals surface area contributed by atoms with Gasteiger partial charge in [0.1, 0.15) is 0 Å². The van der Waals surface area contributed by atoms with Crippen LogP contribution in [0.5, 0.6) is 0 Å². The minimum Gasteiger partial charge on any atom is -0.455 e. The summed E-state index contributed by atoms with van der Waals surface area (Å²) in [5.41, 5.74) is 0. The second kappa shape index (κ2) is 3.38. The van der Waals surface area contributed by atoms with Crippen molar-refractivity contribution in [2.75, 3.05) is 6.61 Å². The van der Waals surface area contributed by atoms with Crippen LogP contribution in [-0.4, -0.2) is 46.2 Å². The monoisotopic (exact) mass is 176 g/mol. The molecule has 5 nitrogen and oxygen atoms in total. The molecule has 0 aromatic heterocycles. The molecule has 0 aromatic carbocycles. The normalized spacial score (nSPS) is 42.5. The maximum atomic E-state index is 10.8. The van der Waals surface area contributed by atoms with Gasteiger partial charge in [-0.1, -0.05) is 6.92 Å². The number of cyclic esters (lactones) is 1. The van der Waals surface area contributed by atoms with E-state index in [1.165, 1.54) is 6.92 Å². The van der Waals surface area contributed by atoms with E-state index >= 15 is 0 Å². The zero-order valence-corrected chi connectivity index (χ0v) is 6.67. The van der Waals surface area contributed by atoms with Gasteiger partial charge in [0.15, 0.2) is 12.2 Å². The lowest BCUT2D eigenvalue weighted by molar-refractivity contribution is -0.193. The summed E-state index contributed by atoms with van der Waals surface area (Å²) < 4.78 is 4.54. The van der Waals surface area contributed by atoms with Gasteiger partial charge in [-0.3, -0.25) is 0 Å². The number of ether oxygens (including phenoxy) is 1. The molecule has 0 radical (unpaired) electrons. The summed E-state index contributed by atoms with van der Waals surface area (Å²) >= 11 is 0.